The second kappa shape index (κ2) is 10.8. The van der Waals surface area contributed by atoms with Crippen molar-refractivity contribution in [3.8, 4) is 11.5 Å². The second-order valence-corrected chi connectivity index (χ2v) is 8.03. The summed E-state index contributed by atoms with van der Waals surface area (Å²) in [5.41, 5.74) is 2.36. The molecule has 35 heavy (non-hydrogen) atoms. The molecule has 2 aromatic carbocycles. The van der Waals surface area contributed by atoms with E-state index >= 15 is 0 Å². The summed E-state index contributed by atoms with van der Waals surface area (Å²) in [7, 11) is 3.15. The number of hydrogen-bond donors (Lipinski definition) is 1. The van der Waals surface area contributed by atoms with E-state index in [0.29, 0.717) is 17.2 Å². The highest BCUT2D eigenvalue weighted by atomic mass is 16.5. The van der Waals surface area contributed by atoms with Crippen molar-refractivity contribution >= 4 is 23.7 Å². The molecule has 1 aliphatic rings. The maximum absolute atomic E-state index is 13.6. The van der Waals surface area contributed by atoms with Crippen LogP contribution in [0.4, 0.5) is 5.69 Å². The molecule has 1 N–H and O–H groups in total. The molecule has 1 aliphatic heterocycles. The smallest absolute Gasteiger partial charge is 0.275 e. The predicted molar refractivity (Wildman–Crippen MR) is 132 cm³/mol. The fourth-order valence-electron chi connectivity index (χ4n) is 4.09. The zero-order valence-electron chi connectivity index (χ0n) is 19.8. The number of hydrazone groups is 1. The molecule has 2 unspecified atom stereocenters. The number of ether oxygens (including phenoxy) is 2. The molecule has 0 radical (unpaired) electrons. The van der Waals surface area contributed by atoms with Crippen LogP contribution in [0.3, 0.4) is 0 Å². The van der Waals surface area contributed by atoms with Crippen molar-refractivity contribution < 1.29 is 19.1 Å². The van der Waals surface area contributed by atoms with E-state index in [0.717, 1.165) is 17.5 Å². The minimum Gasteiger partial charge on any atom is -0.493 e. The molecule has 0 saturated heterocycles. The van der Waals surface area contributed by atoms with Crippen LogP contribution in [0.5, 0.6) is 11.5 Å². The maximum Gasteiger partial charge on any atom is 0.275 e. The Morgan fingerprint density at radius 3 is 2.60 bits per heavy atom. The highest BCUT2D eigenvalue weighted by Crippen LogP contribution is 2.37. The first-order chi connectivity index (χ1) is 17.0. The minimum atomic E-state index is -0.418. The molecule has 0 fully saturated rings. The number of hydrogen-bond acceptors (Lipinski definition) is 7. The zero-order chi connectivity index (χ0) is 24.8. The van der Waals surface area contributed by atoms with Crippen LogP contribution in [0.15, 0.2) is 66.2 Å². The molecular formula is C26H27N5O4. The number of nitrogens with one attached hydrogen (secondary N) is 1. The SMILES string of the molecule is CCC1C=NN(Cc2ccccc2NC(=O)c2cnccn2)C(=O)C1c1ccc(OC)c(OC)c1. The molecule has 0 saturated carbocycles. The van der Waals surface area contributed by atoms with E-state index in [4.69, 9.17) is 9.47 Å². The summed E-state index contributed by atoms with van der Waals surface area (Å²) in [6.07, 6.45) is 6.94. The molecule has 9 heteroatoms. The van der Waals surface area contributed by atoms with Gasteiger partial charge < -0.3 is 14.8 Å². The van der Waals surface area contributed by atoms with E-state index in [2.05, 4.69) is 20.4 Å². The quantitative estimate of drug-likeness (QED) is 0.532. The van der Waals surface area contributed by atoms with Crippen molar-refractivity contribution in [3.05, 3.63) is 77.9 Å². The summed E-state index contributed by atoms with van der Waals surface area (Å²) in [5, 5.41) is 8.76. The monoisotopic (exact) mass is 473 g/mol. The summed E-state index contributed by atoms with van der Waals surface area (Å²) >= 11 is 0. The van der Waals surface area contributed by atoms with Crippen molar-refractivity contribution in [2.75, 3.05) is 19.5 Å². The Labute approximate surface area is 203 Å². The van der Waals surface area contributed by atoms with E-state index in [9.17, 15) is 9.59 Å². The highest BCUT2D eigenvalue weighted by Gasteiger charge is 2.35. The summed E-state index contributed by atoms with van der Waals surface area (Å²) in [6.45, 7) is 2.23. The Balaban J connectivity index is 1.59. The van der Waals surface area contributed by atoms with Gasteiger partial charge in [-0.25, -0.2) is 9.99 Å². The van der Waals surface area contributed by atoms with Crippen molar-refractivity contribution in [1.82, 2.24) is 15.0 Å². The van der Waals surface area contributed by atoms with Gasteiger partial charge in [-0.15, -0.1) is 0 Å². The largest absolute Gasteiger partial charge is 0.493 e. The van der Waals surface area contributed by atoms with E-state index < -0.39 is 5.92 Å². The van der Waals surface area contributed by atoms with Crippen LogP contribution in [0.1, 0.15) is 40.9 Å². The molecule has 3 aromatic rings. The number of nitrogens with zero attached hydrogens (tertiary/aromatic N) is 4. The maximum atomic E-state index is 13.6. The Morgan fingerprint density at radius 1 is 1.09 bits per heavy atom. The van der Waals surface area contributed by atoms with Crippen LogP contribution in [0.25, 0.3) is 0 Å². The summed E-state index contributed by atoms with van der Waals surface area (Å²) < 4.78 is 10.8. The third-order valence-electron chi connectivity index (χ3n) is 5.97. The van der Waals surface area contributed by atoms with Gasteiger partial charge in [0, 0.05) is 30.2 Å². The lowest BCUT2D eigenvalue weighted by atomic mass is 9.83. The number of para-hydroxylation sites is 1. The van der Waals surface area contributed by atoms with Crippen LogP contribution in [0, 0.1) is 5.92 Å². The Hall–Kier alpha value is -4.27. The first kappa shape index (κ1) is 23.9. The average molecular weight is 474 g/mol. The van der Waals surface area contributed by atoms with Crippen LogP contribution in [-0.2, 0) is 11.3 Å². The first-order valence-electron chi connectivity index (χ1n) is 11.3. The minimum absolute atomic E-state index is 0.0524. The third kappa shape index (κ3) is 5.13. The van der Waals surface area contributed by atoms with Gasteiger partial charge in [0.15, 0.2) is 11.5 Å². The molecule has 4 rings (SSSR count). The standard InChI is InChI=1S/C26H27N5O4/c1-4-17-14-29-31(26(33)24(17)18-9-10-22(34-2)23(13-18)35-3)16-19-7-5-6-8-20(19)30-25(32)21-15-27-11-12-28-21/h5-15,17,24H,4,16H2,1-3H3,(H,30,32). The summed E-state index contributed by atoms with van der Waals surface area (Å²) in [4.78, 5) is 34.2. The number of rotatable bonds is 8. The molecule has 180 valence electrons. The third-order valence-corrected chi connectivity index (χ3v) is 5.97. The number of anilines is 1. The summed E-state index contributed by atoms with van der Waals surface area (Å²) in [6, 6.07) is 12.8. The van der Waals surface area contributed by atoms with Crippen LogP contribution < -0.4 is 14.8 Å². The average Bonchev–Trinajstić information content (AvgIpc) is 2.90. The molecule has 9 nitrogen and oxygen atoms in total. The van der Waals surface area contributed by atoms with Gasteiger partial charge in [-0.3, -0.25) is 14.6 Å². The lowest BCUT2D eigenvalue weighted by Gasteiger charge is -2.32. The topological polar surface area (TPSA) is 106 Å². The number of benzene rings is 2. The molecule has 0 spiro atoms. The second-order valence-electron chi connectivity index (χ2n) is 8.03. The van der Waals surface area contributed by atoms with Gasteiger partial charge in [0.1, 0.15) is 5.69 Å². The highest BCUT2D eigenvalue weighted by molar-refractivity contribution is 6.03. The van der Waals surface area contributed by atoms with E-state index in [1.54, 1.807) is 20.3 Å². The van der Waals surface area contributed by atoms with Crippen LogP contribution in [-0.4, -0.2) is 47.2 Å². The molecule has 0 aliphatic carbocycles. The van der Waals surface area contributed by atoms with Gasteiger partial charge in [0.2, 0.25) is 0 Å². The van der Waals surface area contributed by atoms with Gasteiger partial charge in [-0.1, -0.05) is 31.2 Å². The normalized spacial score (nSPS) is 17.2. The Bertz CT molecular complexity index is 1230. The van der Waals surface area contributed by atoms with Crippen molar-refractivity contribution in [2.45, 2.75) is 25.8 Å². The van der Waals surface area contributed by atoms with Crippen LogP contribution in [0.2, 0.25) is 0 Å². The van der Waals surface area contributed by atoms with E-state index in [1.165, 1.54) is 23.6 Å². The summed E-state index contributed by atoms with van der Waals surface area (Å²) in [5.74, 6) is 0.196. The first-order valence-corrected chi connectivity index (χ1v) is 11.3. The van der Waals surface area contributed by atoms with Crippen molar-refractivity contribution in [1.29, 1.82) is 0 Å². The molecule has 2 heterocycles. The van der Waals surface area contributed by atoms with Gasteiger partial charge in [-0.2, -0.15) is 5.10 Å². The predicted octanol–water partition coefficient (Wildman–Crippen LogP) is 3.88. The van der Waals surface area contributed by atoms with Crippen molar-refractivity contribution in [3.63, 3.8) is 0 Å². The number of amides is 2. The van der Waals surface area contributed by atoms with Crippen LogP contribution >= 0.6 is 0 Å². The van der Waals surface area contributed by atoms with Gasteiger partial charge in [0.05, 0.1) is 32.9 Å². The lowest BCUT2D eigenvalue weighted by molar-refractivity contribution is -0.135. The molecule has 2 atom stereocenters. The van der Waals surface area contributed by atoms with Crippen molar-refractivity contribution in [2.24, 2.45) is 11.0 Å². The fraction of sp³-hybridized carbons (Fsp3) is 0.269. The lowest BCUT2D eigenvalue weighted by Crippen LogP contribution is -2.39. The molecular weight excluding hydrogens is 446 g/mol. The number of methoxy groups -OCH3 is 2. The van der Waals surface area contributed by atoms with Gasteiger partial charge >= 0.3 is 0 Å². The Kier molecular flexibility index (Phi) is 7.35. The molecule has 1 aromatic heterocycles. The Morgan fingerprint density at radius 2 is 1.89 bits per heavy atom. The van der Waals surface area contributed by atoms with Gasteiger partial charge in [-0.05, 0) is 35.7 Å². The van der Waals surface area contributed by atoms with E-state index in [-0.39, 0.29) is 30.0 Å². The van der Waals surface area contributed by atoms with Gasteiger partial charge in [0.25, 0.3) is 11.8 Å². The fourth-order valence-corrected chi connectivity index (χ4v) is 4.09. The van der Waals surface area contributed by atoms with E-state index in [1.807, 2.05) is 49.5 Å². The number of aromatic nitrogens is 2. The molecule has 0 bridgehead atoms. The number of carbonyl (C=O) groups excluding carboxylic acids is 2. The molecule has 2 amide bonds. The number of carbonyl (C=O) groups is 2. The zero-order valence-corrected chi connectivity index (χ0v) is 19.8.